The van der Waals surface area contributed by atoms with Gasteiger partial charge in [0.25, 0.3) is 0 Å². The monoisotopic (exact) mass is 326 g/mol. The van der Waals surface area contributed by atoms with Crippen molar-refractivity contribution in [2.45, 2.75) is 6.54 Å². The quantitative estimate of drug-likeness (QED) is 0.848. The topological polar surface area (TPSA) is 61.6 Å². The van der Waals surface area contributed by atoms with E-state index in [0.717, 1.165) is 37.6 Å². The van der Waals surface area contributed by atoms with Gasteiger partial charge in [-0.1, -0.05) is 6.07 Å². The molecule has 24 heavy (non-hydrogen) atoms. The predicted molar refractivity (Wildman–Crippen MR) is 93.5 cm³/mol. The molecule has 0 saturated carbocycles. The first-order chi connectivity index (χ1) is 11.7. The highest BCUT2D eigenvalue weighted by molar-refractivity contribution is 5.91. The van der Waals surface area contributed by atoms with Crippen LogP contribution < -0.4 is 10.2 Å². The van der Waals surface area contributed by atoms with Gasteiger partial charge in [0.2, 0.25) is 5.91 Å². The van der Waals surface area contributed by atoms with Crippen LogP contribution in [0.25, 0.3) is 6.08 Å². The number of carbonyl (C=O) groups is 1. The summed E-state index contributed by atoms with van der Waals surface area (Å²) in [4.78, 5) is 21.1. The van der Waals surface area contributed by atoms with Crippen molar-refractivity contribution in [2.24, 2.45) is 0 Å². The summed E-state index contributed by atoms with van der Waals surface area (Å²) in [6, 6.07) is 7.50. The number of rotatable bonds is 5. The molecule has 0 radical (unpaired) electrons. The Bertz CT molecular complexity index is 689. The van der Waals surface area contributed by atoms with Gasteiger partial charge in [-0.2, -0.15) is 0 Å². The van der Waals surface area contributed by atoms with Crippen molar-refractivity contribution in [1.82, 2.24) is 15.2 Å². The standard InChI is InChI=1S/C18H22N4O2/c1-21-9-11-22(12-10-21)18-15(4-2-8-19-18)14-20-17(23)7-6-16-5-3-13-24-16/h2-8,13H,9-12,14H2,1H3,(H,20,23). The number of furan rings is 1. The lowest BCUT2D eigenvalue weighted by molar-refractivity contribution is -0.116. The number of anilines is 1. The van der Waals surface area contributed by atoms with Crippen molar-refractivity contribution < 1.29 is 9.21 Å². The van der Waals surface area contributed by atoms with Crippen molar-refractivity contribution in [3.63, 3.8) is 0 Å². The molecule has 1 amide bonds. The normalized spacial score (nSPS) is 15.8. The van der Waals surface area contributed by atoms with Crippen LogP contribution in [0.4, 0.5) is 5.82 Å². The molecule has 0 spiro atoms. The molecule has 0 atom stereocenters. The number of piperazine rings is 1. The molecule has 0 unspecified atom stereocenters. The van der Waals surface area contributed by atoms with Gasteiger partial charge in [-0.05, 0) is 31.3 Å². The fourth-order valence-electron chi connectivity index (χ4n) is 2.66. The van der Waals surface area contributed by atoms with E-state index in [4.69, 9.17) is 4.42 Å². The molecular formula is C18H22N4O2. The highest BCUT2D eigenvalue weighted by Gasteiger charge is 2.17. The van der Waals surface area contributed by atoms with E-state index < -0.39 is 0 Å². The lowest BCUT2D eigenvalue weighted by atomic mass is 10.2. The minimum absolute atomic E-state index is 0.153. The average molecular weight is 326 g/mol. The van der Waals surface area contributed by atoms with Gasteiger partial charge in [-0.3, -0.25) is 4.79 Å². The SMILES string of the molecule is CN1CCN(c2ncccc2CNC(=O)C=Cc2ccco2)CC1. The second-order valence-electron chi connectivity index (χ2n) is 5.84. The molecule has 1 saturated heterocycles. The van der Waals surface area contributed by atoms with E-state index in [2.05, 4.69) is 27.1 Å². The molecule has 1 N–H and O–H groups in total. The Kier molecular flexibility index (Phi) is 5.28. The van der Waals surface area contributed by atoms with Crippen LogP contribution in [-0.4, -0.2) is 49.0 Å². The molecule has 3 heterocycles. The first kappa shape index (κ1) is 16.3. The molecule has 0 aliphatic carbocycles. The van der Waals surface area contributed by atoms with Gasteiger partial charge in [0.15, 0.2) is 0 Å². The number of hydrogen-bond acceptors (Lipinski definition) is 5. The van der Waals surface area contributed by atoms with Gasteiger partial charge in [0.1, 0.15) is 11.6 Å². The lowest BCUT2D eigenvalue weighted by Crippen LogP contribution is -2.45. The van der Waals surface area contributed by atoms with E-state index in [0.29, 0.717) is 12.3 Å². The van der Waals surface area contributed by atoms with Crippen LogP contribution in [-0.2, 0) is 11.3 Å². The Morgan fingerprint density at radius 2 is 2.12 bits per heavy atom. The maximum Gasteiger partial charge on any atom is 0.244 e. The van der Waals surface area contributed by atoms with E-state index in [1.165, 1.54) is 6.08 Å². The van der Waals surface area contributed by atoms with E-state index in [1.54, 1.807) is 30.7 Å². The van der Waals surface area contributed by atoms with E-state index in [9.17, 15) is 4.79 Å². The summed E-state index contributed by atoms with van der Waals surface area (Å²) in [5.41, 5.74) is 1.03. The van der Waals surface area contributed by atoms with E-state index in [1.807, 2.05) is 12.1 Å². The molecule has 2 aromatic heterocycles. The molecule has 126 valence electrons. The lowest BCUT2D eigenvalue weighted by Gasteiger charge is -2.34. The highest BCUT2D eigenvalue weighted by atomic mass is 16.3. The van der Waals surface area contributed by atoms with Crippen molar-refractivity contribution in [1.29, 1.82) is 0 Å². The molecule has 0 aromatic carbocycles. The fourth-order valence-corrected chi connectivity index (χ4v) is 2.66. The maximum atomic E-state index is 12.0. The summed E-state index contributed by atoms with van der Waals surface area (Å²) >= 11 is 0. The van der Waals surface area contributed by atoms with Crippen molar-refractivity contribution in [3.05, 3.63) is 54.1 Å². The molecule has 3 rings (SSSR count). The van der Waals surface area contributed by atoms with Crippen LogP contribution in [0.5, 0.6) is 0 Å². The predicted octanol–water partition coefficient (Wildman–Crippen LogP) is 1.76. The summed E-state index contributed by atoms with van der Waals surface area (Å²) in [6.07, 6.45) is 6.51. The highest BCUT2D eigenvalue weighted by Crippen LogP contribution is 2.18. The molecular weight excluding hydrogens is 304 g/mol. The number of aromatic nitrogens is 1. The Morgan fingerprint density at radius 1 is 1.29 bits per heavy atom. The minimum atomic E-state index is -0.153. The summed E-state index contributed by atoms with van der Waals surface area (Å²) < 4.78 is 5.17. The third kappa shape index (κ3) is 4.23. The molecule has 1 aliphatic rings. The Hall–Kier alpha value is -2.60. The van der Waals surface area contributed by atoms with Gasteiger partial charge in [-0.25, -0.2) is 4.98 Å². The maximum absolute atomic E-state index is 12.0. The number of nitrogens with one attached hydrogen (secondary N) is 1. The fraction of sp³-hybridized carbons (Fsp3) is 0.333. The van der Waals surface area contributed by atoms with Gasteiger partial charge in [-0.15, -0.1) is 0 Å². The van der Waals surface area contributed by atoms with Crippen LogP contribution in [0.2, 0.25) is 0 Å². The van der Waals surface area contributed by atoms with Crippen molar-refractivity contribution >= 4 is 17.8 Å². The zero-order valence-corrected chi connectivity index (χ0v) is 13.8. The number of likely N-dealkylation sites (N-methyl/N-ethyl adjacent to an activating group) is 1. The Labute approximate surface area is 141 Å². The van der Waals surface area contributed by atoms with Gasteiger partial charge in [0, 0.05) is 50.6 Å². The molecule has 1 fully saturated rings. The average Bonchev–Trinajstić information content (AvgIpc) is 3.13. The molecule has 1 aliphatic heterocycles. The summed E-state index contributed by atoms with van der Waals surface area (Å²) in [5.74, 6) is 1.46. The largest absolute Gasteiger partial charge is 0.465 e. The second kappa shape index (κ2) is 7.79. The number of pyridine rings is 1. The minimum Gasteiger partial charge on any atom is -0.465 e. The van der Waals surface area contributed by atoms with Gasteiger partial charge >= 0.3 is 0 Å². The Balaban J connectivity index is 1.60. The Morgan fingerprint density at radius 3 is 2.88 bits per heavy atom. The number of hydrogen-bond donors (Lipinski definition) is 1. The van der Waals surface area contributed by atoms with Crippen molar-refractivity contribution in [2.75, 3.05) is 38.1 Å². The van der Waals surface area contributed by atoms with Crippen LogP contribution in [0.1, 0.15) is 11.3 Å². The molecule has 6 nitrogen and oxygen atoms in total. The molecule has 0 bridgehead atoms. The second-order valence-corrected chi connectivity index (χ2v) is 5.84. The van der Waals surface area contributed by atoms with Gasteiger partial charge < -0.3 is 19.5 Å². The van der Waals surface area contributed by atoms with Crippen LogP contribution in [0, 0.1) is 0 Å². The molecule has 6 heteroatoms. The summed E-state index contributed by atoms with van der Waals surface area (Å²) in [6.45, 7) is 4.40. The summed E-state index contributed by atoms with van der Waals surface area (Å²) in [7, 11) is 2.13. The van der Waals surface area contributed by atoms with Crippen LogP contribution >= 0.6 is 0 Å². The van der Waals surface area contributed by atoms with E-state index in [-0.39, 0.29) is 5.91 Å². The zero-order chi connectivity index (χ0) is 16.8. The van der Waals surface area contributed by atoms with Crippen LogP contribution in [0.15, 0.2) is 47.2 Å². The number of carbonyl (C=O) groups excluding carboxylic acids is 1. The smallest absolute Gasteiger partial charge is 0.244 e. The number of nitrogens with zero attached hydrogens (tertiary/aromatic N) is 3. The third-order valence-corrected chi connectivity index (χ3v) is 4.07. The zero-order valence-electron chi connectivity index (χ0n) is 13.8. The van der Waals surface area contributed by atoms with E-state index >= 15 is 0 Å². The first-order valence-corrected chi connectivity index (χ1v) is 8.09. The summed E-state index contributed by atoms with van der Waals surface area (Å²) in [5, 5.41) is 2.91. The van der Waals surface area contributed by atoms with Gasteiger partial charge in [0.05, 0.1) is 6.26 Å². The molecule has 2 aromatic rings. The number of amides is 1. The van der Waals surface area contributed by atoms with Crippen molar-refractivity contribution in [3.8, 4) is 0 Å². The third-order valence-electron chi connectivity index (χ3n) is 4.07. The van der Waals surface area contributed by atoms with Crippen LogP contribution in [0.3, 0.4) is 0 Å². The first-order valence-electron chi connectivity index (χ1n) is 8.09.